The Balaban J connectivity index is 1.55. The molecule has 0 bridgehead atoms. The third-order valence-electron chi connectivity index (χ3n) is 4.07. The van der Waals surface area contributed by atoms with Gasteiger partial charge in [0.1, 0.15) is 11.5 Å². The van der Waals surface area contributed by atoms with Crippen molar-refractivity contribution in [2.24, 2.45) is 4.99 Å². The summed E-state index contributed by atoms with van der Waals surface area (Å²) in [5, 5.41) is 12.4. The van der Waals surface area contributed by atoms with Crippen LogP contribution in [0, 0.1) is 0 Å². The van der Waals surface area contributed by atoms with E-state index in [0.29, 0.717) is 27.2 Å². The largest absolute Gasteiger partial charge is 0.478 e. The van der Waals surface area contributed by atoms with Crippen molar-refractivity contribution in [3.8, 4) is 11.3 Å². The Morgan fingerprint density at radius 2 is 2.03 bits per heavy atom. The van der Waals surface area contributed by atoms with E-state index in [-0.39, 0.29) is 16.5 Å². The molecule has 2 heterocycles. The van der Waals surface area contributed by atoms with E-state index in [2.05, 4.69) is 26.2 Å². The number of aliphatic imine (C=N–C) groups is 1. The van der Waals surface area contributed by atoms with Crippen LogP contribution in [0.1, 0.15) is 16.1 Å². The smallest absolute Gasteiger partial charge is 0.337 e. The Morgan fingerprint density at radius 3 is 2.77 bits per heavy atom. The molecule has 1 amide bonds. The molecule has 1 fully saturated rings. The van der Waals surface area contributed by atoms with E-state index in [1.54, 1.807) is 24.3 Å². The molecular formula is C21H12BrClN2O4S. The number of carbonyl (C=O) groups excluding carboxylic acids is 1. The van der Waals surface area contributed by atoms with Crippen molar-refractivity contribution in [3.05, 3.63) is 80.3 Å². The summed E-state index contributed by atoms with van der Waals surface area (Å²) >= 11 is 10.6. The maximum absolute atomic E-state index is 12.3. The van der Waals surface area contributed by atoms with Gasteiger partial charge in [0, 0.05) is 16.1 Å². The summed E-state index contributed by atoms with van der Waals surface area (Å²) in [5.41, 5.74) is 1.37. The van der Waals surface area contributed by atoms with E-state index >= 15 is 0 Å². The van der Waals surface area contributed by atoms with Crippen LogP contribution in [0.15, 0.2) is 73.4 Å². The summed E-state index contributed by atoms with van der Waals surface area (Å²) in [6.07, 6.45) is 1.63. The number of hydrogen-bond acceptors (Lipinski definition) is 5. The van der Waals surface area contributed by atoms with Crippen molar-refractivity contribution in [3.63, 3.8) is 0 Å². The van der Waals surface area contributed by atoms with Crippen LogP contribution in [0.4, 0.5) is 5.69 Å². The fourth-order valence-electron chi connectivity index (χ4n) is 2.70. The lowest BCUT2D eigenvalue weighted by atomic mass is 10.1. The number of halogens is 2. The Labute approximate surface area is 188 Å². The first-order valence-electron chi connectivity index (χ1n) is 8.57. The van der Waals surface area contributed by atoms with Crippen molar-refractivity contribution >= 4 is 68.1 Å². The first kappa shape index (κ1) is 20.5. The number of rotatable bonds is 4. The number of nitrogens with zero attached hydrogens (tertiary/aromatic N) is 1. The van der Waals surface area contributed by atoms with Crippen LogP contribution in [0.2, 0.25) is 5.02 Å². The standard InChI is InChI=1S/C21H12BrClN2O4S/c22-12-2-1-3-13(9-12)24-21-25-19(26)18(30-21)10-14-5-7-17(29-14)11-4-6-15(20(27)28)16(23)8-11/h1-10H,(H,27,28)(H,24,25,26). The van der Waals surface area contributed by atoms with E-state index in [0.717, 1.165) is 10.2 Å². The van der Waals surface area contributed by atoms with Crippen LogP contribution in [0.5, 0.6) is 0 Å². The number of carboxylic acid groups (broad SMARTS) is 1. The highest BCUT2D eigenvalue weighted by molar-refractivity contribution is 9.10. The average molecular weight is 504 g/mol. The number of benzene rings is 2. The molecule has 150 valence electrons. The van der Waals surface area contributed by atoms with Gasteiger partial charge in [-0.3, -0.25) is 4.79 Å². The fraction of sp³-hybridized carbons (Fsp3) is 0. The maximum atomic E-state index is 12.3. The average Bonchev–Trinajstić information content (AvgIpc) is 3.28. The first-order valence-corrected chi connectivity index (χ1v) is 10.6. The van der Waals surface area contributed by atoms with E-state index in [1.165, 1.54) is 23.9 Å². The molecule has 0 spiro atoms. The summed E-state index contributed by atoms with van der Waals surface area (Å²) in [7, 11) is 0. The number of carboxylic acids is 1. The van der Waals surface area contributed by atoms with E-state index in [4.69, 9.17) is 21.1 Å². The zero-order chi connectivity index (χ0) is 21.3. The molecule has 1 aliphatic heterocycles. The number of amidine groups is 1. The minimum absolute atomic E-state index is 0.0191. The van der Waals surface area contributed by atoms with Gasteiger partial charge in [-0.2, -0.15) is 0 Å². The van der Waals surface area contributed by atoms with Gasteiger partial charge in [-0.15, -0.1) is 0 Å². The van der Waals surface area contributed by atoms with Crippen LogP contribution in [-0.4, -0.2) is 22.2 Å². The highest BCUT2D eigenvalue weighted by atomic mass is 79.9. The second-order valence-electron chi connectivity index (χ2n) is 6.16. The molecule has 9 heteroatoms. The van der Waals surface area contributed by atoms with Crippen LogP contribution < -0.4 is 5.32 Å². The molecule has 4 rings (SSSR count). The number of amides is 1. The van der Waals surface area contributed by atoms with E-state index in [9.17, 15) is 9.59 Å². The Bertz CT molecular complexity index is 1240. The van der Waals surface area contributed by atoms with Gasteiger partial charge in [-0.05, 0) is 54.2 Å². The van der Waals surface area contributed by atoms with Gasteiger partial charge in [-0.1, -0.05) is 39.7 Å². The van der Waals surface area contributed by atoms with E-state index < -0.39 is 5.97 Å². The minimum Gasteiger partial charge on any atom is -0.478 e. The molecule has 3 aromatic rings. The van der Waals surface area contributed by atoms with Gasteiger partial charge in [0.15, 0.2) is 5.17 Å². The molecule has 6 nitrogen and oxygen atoms in total. The number of hydrogen-bond donors (Lipinski definition) is 2. The van der Waals surface area contributed by atoms with Crippen LogP contribution >= 0.6 is 39.3 Å². The molecule has 0 unspecified atom stereocenters. The van der Waals surface area contributed by atoms with Gasteiger partial charge >= 0.3 is 5.97 Å². The summed E-state index contributed by atoms with van der Waals surface area (Å²) in [6, 6.07) is 15.5. The van der Waals surface area contributed by atoms with Crippen LogP contribution in [0.3, 0.4) is 0 Å². The predicted molar refractivity (Wildman–Crippen MR) is 121 cm³/mol. The van der Waals surface area contributed by atoms with Gasteiger partial charge < -0.3 is 14.8 Å². The monoisotopic (exact) mass is 502 g/mol. The number of aromatic carboxylic acids is 1. The van der Waals surface area contributed by atoms with Crippen LogP contribution in [-0.2, 0) is 4.79 Å². The third-order valence-corrected chi connectivity index (χ3v) is 5.79. The molecule has 1 aliphatic rings. The SMILES string of the molecule is O=C1NC(=Nc2cccc(Br)c2)SC1=Cc1ccc(-c2ccc(C(=O)O)c(Cl)c2)o1. The third kappa shape index (κ3) is 4.51. The van der Waals surface area contributed by atoms with Crippen molar-refractivity contribution in [1.29, 1.82) is 0 Å². The highest BCUT2D eigenvalue weighted by Crippen LogP contribution is 2.31. The van der Waals surface area contributed by atoms with Gasteiger partial charge in [-0.25, -0.2) is 9.79 Å². The molecule has 0 atom stereocenters. The summed E-state index contributed by atoms with van der Waals surface area (Å²) in [4.78, 5) is 28.2. The lowest BCUT2D eigenvalue weighted by Crippen LogP contribution is -2.19. The molecule has 1 saturated heterocycles. The molecular weight excluding hydrogens is 492 g/mol. The first-order chi connectivity index (χ1) is 14.4. The van der Waals surface area contributed by atoms with Gasteiger partial charge in [0.25, 0.3) is 5.91 Å². The lowest BCUT2D eigenvalue weighted by Gasteiger charge is -2.01. The predicted octanol–water partition coefficient (Wildman–Crippen LogP) is 5.95. The van der Waals surface area contributed by atoms with Crippen molar-refractivity contribution in [2.75, 3.05) is 0 Å². The number of nitrogens with one attached hydrogen (secondary N) is 1. The molecule has 0 radical (unpaired) electrons. The minimum atomic E-state index is -1.10. The normalized spacial score (nSPS) is 16.3. The molecule has 2 N–H and O–H groups in total. The molecule has 1 aromatic heterocycles. The number of thioether (sulfide) groups is 1. The van der Waals surface area contributed by atoms with Gasteiger partial charge in [0.2, 0.25) is 0 Å². The van der Waals surface area contributed by atoms with Crippen molar-refractivity contribution in [1.82, 2.24) is 5.32 Å². The fourth-order valence-corrected chi connectivity index (χ4v) is 4.17. The molecule has 0 saturated carbocycles. The quantitative estimate of drug-likeness (QED) is 0.429. The molecule has 2 aromatic carbocycles. The zero-order valence-electron chi connectivity index (χ0n) is 15.1. The number of carbonyl (C=O) groups is 2. The van der Waals surface area contributed by atoms with Crippen molar-refractivity contribution in [2.45, 2.75) is 0 Å². The van der Waals surface area contributed by atoms with Crippen LogP contribution in [0.25, 0.3) is 17.4 Å². The number of furan rings is 1. The second-order valence-corrected chi connectivity index (χ2v) is 8.52. The Kier molecular flexibility index (Phi) is 5.80. The summed E-state index contributed by atoms with van der Waals surface area (Å²) in [6.45, 7) is 0. The highest BCUT2D eigenvalue weighted by Gasteiger charge is 2.24. The van der Waals surface area contributed by atoms with E-state index in [1.807, 2.05) is 24.3 Å². The molecule has 30 heavy (non-hydrogen) atoms. The van der Waals surface area contributed by atoms with Crippen molar-refractivity contribution < 1.29 is 19.1 Å². The summed E-state index contributed by atoms with van der Waals surface area (Å²) < 4.78 is 6.68. The zero-order valence-corrected chi connectivity index (χ0v) is 18.2. The maximum Gasteiger partial charge on any atom is 0.337 e. The molecule has 0 aliphatic carbocycles. The second kappa shape index (κ2) is 8.51. The summed E-state index contributed by atoms with van der Waals surface area (Å²) in [5.74, 6) is -0.376. The lowest BCUT2D eigenvalue weighted by molar-refractivity contribution is -0.115. The van der Waals surface area contributed by atoms with Gasteiger partial charge in [0.05, 0.1) is 21.2 Å². The topological polar surface area (TPSA) is 91.9 Å². The Hall–Kier alpha value is -2.81. The Morgan fingerprint density at radius 1 is 1.20 bits per heavy atom.